The summed E-state index contributed by atoms with van der Waals surface area (Å²) >= 11 is 6.10. The fourth-order valence-electron chi connectivity index (χ4n) is 3.06. The van der Waals surface area contributed by atoms with Gasteiger partial charge in [-0.3, -0.25) is 4.99 Å². The fraction of sp³-hybridized carbons (Fsp3) is 0.632. The van der Waals surface area contributed by atoms with Gasteiger partial charge in [-0.15, -0.1) is 0 Å². The molecule has 1 aromatic rings. The van der Waals surface area contributed by atoms with E-state index in [9.17, 15) is 0 Å². The van der Waals surface area contributed by atoms with Crippen LogP contribution in [0.15, 0.2) is 29.3 Å². The van der Waals surface area contributed by atoms with Crippen LogP contribution >= 0.6 is 11.6 Å². The highest BCUT2D eigenvalue weighted by molar-refractivity contribution is 6.30. The number of aliphatic imine (C=N–C) groups is 1. The van der Waals surface area contributed by atoms with Crippen molar-refractivity contribution in [3.8, 4) is 0 Å². The third kappa shape index (κ3) is 6.17. The van der Waals surface area contributed by atoms with Gasteiger partial charge >= 0.3 is 0 Å². The predicted octanol–water partition coefficient (Wildman–Crippen LogP) is 3.35. The number of rotatable bonds is 8. The number of likely N-dealkylation sites (tertiary alicyclic amines) is 1. The van der Waals surface area contributed by atoms with E-state index in [1.54, 1.807) is 7.11 Å². The first-order valence-electron chi connectivity index (χ1n) is 9.07. The largest absolute Gasteiger partial charge is 0.381 e. The Labute approximate surface area is 156 Å². The standard InChI is InChI=1S/C19H30ClN3O2/c1-4-21-19(23-10-9-15(13-23)14-25-5-2)22-12-18(24-3)16-7-6-8-17(20)11-16/h6-8,11,15,18H,4-5,9-10,12-14H2,1-3H3,(H,21,22). The van der Waals surface area contributed by atoms with Crippen LogP contribution in [0.3, 0.4) is 0 Å². The molecular weight excluding hydrogens is 338 g/mol. The Bertz CT molecular complexity index is 553. The molecule has 140 valence electrons. The van der Waals surface area contributed by atoms with Crippen molar-refractivity contribution in [2.75, 3.05) is 46.5 Å². The highest BCUT2D eigenvalue weighted by Gasteiger charge is 2.25. The zero-order valence-electron chi connectivity index (χ0n) is 15.5. The fourth-order valence-corrected chi connectivity index (χ4v) is 3.26. The van der Waals surface area contributed by atoms with Crippen LogP contribution in [0.4, 0.5) is 0 Å². The molecule has 0 spiro atoms. The third-order valence-corrected chi connectivity index (χ3v) is 4.62. The second-order valence-electron chi connectivity index (χ2n) is 6.23. The van der Waals surface area contributed by atoms with Crippen LogP contribution in [0.1, 0.15) is 31.9 Å². The number of hydrogen-bond donors (Lipinski definition) is 1. The van der Waals surface area contributed by atoms with Gasteiger partial charge in [0.25, 0.3) is 0 Å². The van der Waals surface area contributed by atoms with Crippen LogP contribution in [0.5, 0.6) is 0 Å². The molecule has 2 rings (SSSR count). The lowest BCUT2D eigenvalue weighted by Gasteiger charge is -2.23. The number of halogens is 1. The van der Waals surface area contributed by atoms with Gasteiger partial charge < -0.3 is 19.7 Å². The minimum Gasteiger partial charge on any atom is -0.381 e. The van der Waals surface area contributed by atoms with Crippen LogP contribution < -0.4 is 5.32 Å². The van der Waals surface area contributed by atoms with Crippen LogP contribution in [0, 0.1) is 5.92 Å². The maximum atomic E-state index is 6.10. The van der Waals surface area contributed by atoms with Crippen molar-refractivity contribution in [2.24, 2.45) is 10.9 Å². The molecule has 2 unspecified atom stereocenters. The molecular formula is C19H30ClN3O2. The Morgan fingerprint density at radius 2 is 2.28 bits per heavy atom. The molecule has 1 N–H and O–H groups in total. The van der Waals surface area contributed by atoms with Crippen molar-refractivity contribution in [3.63, 3.8) is 0 Å². The Morgan fingerprint density at radius 1 is 1.44 bits per heavy atom. The van der Waals surface area contributed by atoms with Gasteiger partial charge in [0.1, 0.15) is 6.10 Å². The Morgan fingerprint density at radius 3 is 2.96 bits per heavy atom. The van der Waals surface area contributed by atoms with E-state index < -0.39 is 0 Å². The zero-order valence-corrected chi connectivity index (χ0v) is 16.3. The average molecular weight is 368 g/mol. The summed E-state index contributed by atoms with van der Waals surface area (Å²) in [4.78, 5) is 7.13. The molecule has 0 amide bonds. The second-order valence-corrected chi connectivity index (χ2v) is 6.67. The lowest BCUT2D eigenvalue weighted by Crippen LogP contribution is -2.40. The molecule has 1 aliphatic rings. The summed E-state index contributed by atoms with van der Waals surface area (Å²) in [5.41, 5.74) is 1.05. The van der Waals surface area contributed by atoms with Crippen molar-refractivity contribution in [1.82, 2.24) is 10.2 Å². The predicted molar refractivity (Wildman–Crippen MR) is 103 cm³/mol. The van der Waals surface area contributed by atoms with Crippen molar-refractivity contribution >= 4 is 17.6 Å². The lowest BCUT2D eigenvalue weighted by molar-refractivity contribution is 0.110. The maximum Gasteiger partial charge on any atom is 0.194 e. The highest BCUT2D eigenvalue weighted by Crippen LogP contribution is 2.21. The van der Waals surface area contributed by atoms with E-state index in [-0.39, 0.29) is 6.10 Å². The third-order valence-electron chi connectivity index (χ3n) is 4.39. The van der Waals surface area contributed by atoms with E-state index in [0.717, 1.165) is 50.8 Å². The minimum absolute atomic E-state index is 0.103. The molecule has 1 fully saturated rings. The number of nitrogens with zero attached hydrogens (tertiary/aromatic N) is 2. The van der Waals surface area contributed by atoms with Gasteiger partial charge in [0.2, 0.25) is 0 Å². The Balaban J connectivity index is 2.01. The molecule has 0 bridgehead atoms. The van der Waals surface area contributed by atoms with Gasteiger partial charge in [-0.1, -0.05) is 23.7 Å². The number of ether oxygens (including phenoxy) is 2. The lowest BCUT2D eigenvalue weighted by atomic mass is 10.1. The summed E-state index contributed by atoms with van der Waals surface area (Å²) < 4.78 is 11.2. The molecule has 1 aliphatic heterocycles. The second kappa shape index (κ2) is 10.6. The van der Waals surface area contributed by atoms with E-state index in [0.29, 0.717) is 17.5 Å². The maximum absolute atomic E-state index is 6.10. The molecule has 6 heteroatoms. The molecule has 1 heterocycles. The van der Waals surface area contributed by atoms with Gasteiger partial charge in [-0.2, -0.15) is 0 Å². The summed E-state index contributed by atoms with van der Waals surface area (Å²) in [6, 6.07) is 7.77. The summed E-state index contributed by atoms with van der Waals surface area (Å²) in [6.45, 7) is 9.15. The van der Waals surface area contributed by atoms with Crippen molar-refractivity contribution in [1.29, 1.82) is 0 Å². The first-order valence-corrected chi connectivity index (χ1v) is 9.44. The average Bonchev–Trinajstić information content (AvgIpc) is 3.08. The quantitative estimate of drug-likeness (QED) is 0.565. The van der Waals surface area contributed by atoms with Gasteiger partial charge in [0, 0.05) is 44.3 Å². The Hall–Kier alpha value is -1.30. The number of hydrogen-bond acceptors (Lipinski definition) is 3. The molecule has 5 nitrogen and oxygen atoms in total. The Kier molecular flexibility index (Phi) is 8.52. The van der Waals surface area contributed by atoms with E-state index in [4.69, 9.17) is 26.1 Å². The summed E-state index contributed by atoms with van der Waals surface area (Å²) in [6.07, 6.45) is 1.04. The van der Waals surface area contributed by atoms with E-state index in [1.165, 1.54) is 0 Å². The summed E-state index contributed by atoms with van der Waals surface area (Å²) in [7, 11) is 1.71. The van der Waals surface area contributed by atoms with Crippen molar-refractivity contribution < 1.29 is 9.47 Å². The highest BCUT2D eigenvalue weighted by atomic mass is 35.5. The van der Waals surface area contributed by atoms with Gasteiger partial charge in [-0.25, -0.2) is 0 Å². The first-order chi connectivity index (χ1) is 12.2. The van der Waals surface area contributed by atoms with Crippen molar-refractivity contribution in [2.45, 2.75) is 26.4 Å². The number of benzene rings is 1. The SMILES string of the molecule is CCNC(=NCC(OC)c1cccc(Cl)c1)N1CCC(COCC)C1. The van der Waals surface area contributed by atoms with Crippen LogP contribution in [0.2, 0.25) is 5.02 Å². The zero-order chi connectivity index (χ0) is 18.1. The molecule has 25 heavy (non-hydrogen) atoms. The van der Waals surface area contributed by atoms with E-state index in [1.807, 2.05) is 31.2 Å². The number of methoxy groups -OCH3 is 1. The van der Waals surface area contributed by atoms with E-state index in [2.05, 4.69) is 17.1 Å². The van der Waals surface area contributed by atoms with E-state index >= 15 is 0 Å². The summed E-state index contributed by atoms with van der Waals surface area (Å²) in [5.74, 6) is 1.53. The monoisotopic (exact) mass is 367 g/mol. The van der Waals surface area contributed by atoms with Crippen LogP contribution in [-0.2, 0) is 9.47 Å². The topological polar surface area (TPSA) is 46.1 Å². The smallest absolute Gasteiger partial charge is 0.194 e. The first kappa shape index (κ1) is 20.0. The normalized spacial score (nSPS) is 19.3. The number of guanidine groups is 1. The van der Waals surface area contributed by atoms with Gasteiger partial charge in [-0.05, 0) is 38.0 Å². The molecule has 2 atom stereocenters. The molecule has 1 aromatic carbocycles. The van der Waals surface area contributed by atoms with Gasteiger partial charge in [0.05, 0.1) is 13.2 Å². The molecule has 0 radical (unpaired) electrons. The molecule has 0 saturated carbocycles. The van der Waals surface area contributed by atoms with Crippen molar-refractivity contribution in [3.05, 3.63) is 34.9 Å². The molecule has 0 aliphatic carbocycles. The molecule has 0 aromatic heterocycles. The summed E-state index contributed by atoms with van der Waals surface area (Å²) in [5, 5.41) is 4.11. The van der Waals surface area contributed by atoms with Gasteiger partial charge in [0.15, 0.2) is 5.96 Å². The minimum atomic E-state index is -0.103. The van der Waals surface area contributed by atoms with Crippen LogP contribution in [0.25, 0.3) is 0 Å². The molecule has 1 saturated heterocycles. The van der Waals surface area contributed by atoms with Crippen LogP contribution in [-0.4, -0.2) is 57.4 Å². The number of nitrogens with one attached hydrogen (secondary N) is 1.